The lowest BCUT2D eigenvalue weighted by Gasteiger charge is -2.30. The van der Waals surface area contributed by atoms with Crippen LogP contribution in [0.2, 0.25) is 0 Å². The highest BCUT2D eigenvalue weighted by Gasteiger charge is 2.52. The maximum Gasteiger partial charge on any atom is 0.0717 e. The Kier molecular flexibility index (Phi) is 4.16. The molecule has 21 heavy (non-hydrogen) atoms. The van der Waals surface area contributed by atoms with Crippen molar-refractivity contribution in [2.45, 2.75) is 30.3 Å². The molecule has 2 atom stereocenters. The van der Waals surface area contributed by atoms with Crippen LogP contribution in [0.3, 0.4) is 0 Å². The summed E-state index contributed by atoms with van der Waals surface area (Å²) in [5, 5.41) is 11.0. The summed E-state index contributed by atoms with van der Waals surface area (Å²) >= 11 is 3.50. The van der Waals surface area contributed by atoms with Gasteiger partial charge in [-0.1, -0.05) is 58.4 Å². The second-order valence-electron chi connectivity index (χ2n) is 5.86. The molecule has 0 amide bonds. The molecule has 2 aromatic carbocycles. The van der Waals surface area contributed by atoms with Crippen molar-refractivity contribution in [3.05, 3.63) is 70.2 Å². The fourth-order valence-electron chi connectivity index (χ4n) is 3.23. The van der Waals surface area contributed by atoms with E-state index in [1.807, 2.05) is 36.4 Å². The molecule has 0 aliphatic heterocycles. The fourth-order valence-corrected chi connectivity index (χ4v) is 3.65. The minimum atomic E-state index is -0.445. The van der Waals surface area contributed by atoms with E-state index in [4.69, 9.17) is 5.73 Å². The Morgan fingerprint density at radius 3 is 2.38 bits per heavy atom. The van der Waals surface area contributed by atoms with Crippen molar-refractivity contribution < 1.29 is 5.11 Å². The van der Waals surface area contributed by atoms with E-state index in [1.165, 1.54) is 5.56 Å². The number of hydrogen-bond acceptors (Lipinski definition) is 2. The van der Waals surface area contributed by atoms with Crippen LogP contribution in [0, 0.1) is 0 Å². The van der Waals surface area contributed by atoms with Crippen LogP contribution in [0.4, 0.5) is 0 Å². The molecule has 0 spiro atoms. The third-order valence-electron chi connectivity index (χ3n) is 4.62. The second-order valence-corrected chi connectivity index (χ2v) is 6.78. The van der Waals surface area contributed by atoms with E-state index in [0.29, 0.717) is 6.54 Å². The zero-order valence-electron chi connectivity index (χ0n) is 11.9. The molecule has 2 unspecified atom stereocenters. The molecule has 3 heteroatoms. The predicted octanol–water partition coefficient (Wildman–Crippen LogP) is 3.58. The van der Waals surface area contributed by atoms with E-state index in [1.54, 1.807) is 0 Å². The minimum absolute atomic E-state index is 0.0368. The highest BCUT2D eigenvalue weighted by molar-refractivity contribution is 9.10. The first-order chi connectivity index (χ1) is 10.2. The molecule has 2 nitrogen and oxygen atoms in total. The van der Waals surface area contributed by atoms with Gasteiger partial charge in [0.1, 0.15) is 0 Å². The van der Waals surface area contributed by atoms with E-state index in [9.17, 15) is 5.11 Å². The molecule has 110 valence electrons. The molecule has 2 aromatic rings. The van der Waals surface area contributed by atoms with E-state index in [-0.39, 0.29) is 11.3 Å². The average molecular weight is 346 g/mol. The summed E-state index contributed by atoms with van der Waals surface area (Å²) in [4.78, 5) is 0. The summed E-state index contributed by atoms with van der Waals surface area (Å²) in [6.45, 7) is 0.451. The highest BCUT2D eigenvalue weighted by Crippen LogP contribution is 2.54. The Hall–Kier alpha value is -1.16. The van der Waals surface area contributed by atoms with Gasteiger partial charge < -0.3 is 10.8 Å². The molecular weight excluding hydrogens is 326 g/mol. The van der Waals surface area contributed by atoms with Crippen molar-refractivity contribution in [1.82, 2.24) is 0 Å². The Bertz CT molecular complexity index is 610. The van der Waals surface area contributed by atoms with Crippen LogP contribution in [-0.4, -0.2) is 17.8 Å². The van der Waals surface area contributed by atoms with Gasteiger partial charge in [-0.3, -0.25) is 0 Å². The average Bonchev–Trinajstić information content (AvgIpc) is 3.31. The van der Waals surface area contributed by atoms with E-state index >= 15 is 0 Å². The van der Waals surface area contributed by atoms with Crippen molar-refractivity contribution in [3.63, 3.8) is 0 Å². The first kappa shape index (κ1) is 14.8. The maximum absolute atomic E-state index is 11.0. The quantitative estimate of drug-likeness (QED) is 0.869. The van der Waals surface area contributed by atoms with Crippen LogP contribution in [0.25, 0.3) is 0 Å². The third-order valence-corrected chi connectivity index (χ3v) is 5.11. The Balaban J connectivity index is 1.91. The number of hydrogen-bond donors (Lipinski definition) is 2. The van der Waals surface area contributed by atoms with Gasteiger partial charge in [-0.2, -0.15) is 0 Å². The summed E-state index contributed by atoms with van der Waals surface area (Å²) in [5.41, 5.74) is 8.19. The van der Waals surface area contributed by atoms with E-state index in [2.05, 4.69) is 34.1 Å². The SMILES string of the molecule is NCC(c1cccc(Br)c1)C(O)C1(c2ccccc2)CC1. The summed E-state index contributed by atoms with van der Waals surface area (Å²) in [6, 6.07) is 18.4. The number of nitrogens with two attached hydrogens (primary N) is 1. The smallest absolute Gasteiger partial charge is 0.0717 e. The molecule has 3 N–H and O–H groups in total. The van der Waals surface area contributed by atoms with Gasteiger partial charge in [-0.25, -0.2) is 0 Å². The molecule has 1 fully saturated rings. The van der Waals surface area contributed by atoms with Gasteiger partial charge in [0.25, 0.3) is 0 Å². The molecule has 1 aliphatic rings. The third kappa shape index (κ3) is 2.78. The van der Waals surface area contributed by atoms with Crippen LogP contribution < -0.4 is 5.73 Å². The van der Waals surface area contributed by atoms with Crippen LogP contribution >= 0.6 is 15.9 Å². The van der Waals surface area contributed by atoms with Gasteiger partial charge in [0.05, 0.1) is 6.10 Å². The van der Waals surface area contributed by atoms with Gasteiger partial charge in [0, 0.05) is 22.4 Å². The Morgan fingerprint density at radius 1 is 1.10 bits per heavy atom. The standard InChI is InChI=1S/C18H20BrNO/c19-15-8-4-5-13(11-15)16(12-20)17(21)18(9-10-18)14-6-2-1-3-7-14/h1-8,11,16-17,21H,9-10,12,20H2. The summed E-state index contributed by atoms with van der Waals surface area (Å²) in [6.07, 6.45) is 1.62. The van der Waals surface area contributed by atoms with Crippen LogP contribution in [-0.2, 0) is 5.41 Å². The normalized spacial score (nSPS) is 19.0. The molecule has 0 saturated heterocycles. The molecule has 0 radical (unpaired) electrons. The zero-order chi connectivity index (χ0) is 14.9. The molecular formula is C18H20BrNO. The van der Waals surface area contributed by atoms with Crippen molar-refractivity contribution >= 4 is 15.9 Å². The van der Waals surface area contributed by atoms with Crippen molar-refractivity contribution in [3.8, 4) is 0 Å². The van der Waals surface area contributed by atoms with Crippen molar-refractivity contribution in [2.24, 2.45) is 5.73 Å². The first-order valence-electron chi connectivity index (χ1n) is 7.36. The maximum atomic E-state index is 11.0. The monoisotopic (exact) mass is 345 g/mol. The largest absolute Gasteiger partial charge is 0.392 e. The van der Waals surface area contributed by atoms with E-state index in [0.717, 1.165) is 22.9 Å². The van der Waals surface area contributed by atoms with Gasteiger partial charge in [-0.05, 0) is 36.1 Å². The molecule has 0 bridgehead atoms. The number of halogens is 1. The predicted molar refractivity (Wildman–Crippen MR) is 89.3 cm³/mol. The Labute approximate surface area is 134 Å². The lowest BCUT2D eigenvalue weighted by atomic mass is 9.80. The topological polar surface area (TPSA) is 46.2 Å². The highest BCUT2D eigenvalue weighted by atomic mass is 79.9. The summed E-state index contributed by atoms with van der Waals surface area (Å²) in [5.74, 6) is -0.0368. The minimum Gasteiger partial charge on any atom is -0.392 e. The van der Waals surface area contributed by atoms with Crippen LogP contribution in [0.1, 0.15) is 29.9 Å². The zero-order valence-corrected chi connectivity index (χ0v) is 13.5. The number of aliphatic hydroxyl groups excluding tert-OH is 1. The molecule has 1 aliphatic carbocycles. The van der Waals surface area contributed by atoms with Crippen LogP contribution in [0.15, 0.2) is 59.1 Å². The van der Waals surface area contributed by atoms with Gasteiger partial charge in [0.15, 0.2) is 0 Å². The molecule has 0 aromatic heterocycles. The van der Waals surface area contributed by atoms with Crippen molar-refractivity contribution in [1.29, 1.82) is 0 Å². The number of rotatable bonds is 5. The lowest BCUT2D eigenvalue weighted by Crippen LogP contribution is -2.36. The van der Waals surface area contributed by atoms with Crippen LogP contribution in [0.5, 0.6) is 0 Å². The van der Waals surface area contributed by atoms with Gasteiger partial charge in [-0.15, -0.1) is 0 Å². The second kappa shape index (κ2) is 5.91. The molecule has 3 rings (SSSR count). The first-order valence-corrected chi connectivity index (χ1v) is 8.16. The number of benzene rings is 2. The lowest BCUT2D eigenvalue weighted by molar-refractivity contribution is 0.104. The summed E-state index contributed by atoms with van der Waals surface area (Å²) < 4.78 is 1.02. The molecule has 0 heterocycles. The van der Waals surface area contributed by atoms with Gasteiger partial charge >= 0.3 is 0 Å². The Morgan fingerprint density at radius 2 is 1.81 bits per heavy atom. The summed E-state index contributed by atoms with van der Waals surface area (Å²) in [7, 11) is 0. The van der Waals surface area contributed by atoms with E-state index < -0.39 is 6.10 Å². The number of aliphatic hydroxyl groups is 1. The molecule has 1 saturated carbocycles. The van der Waals surface area contributed by atoms with Gasteiger partial charge in [0.2, 0.25) is 0 Å². The van der Waals surface area contributed by atoms with Crippen molar-refractivity contribution in [2.75, 3.05) is 6.54 Å². The fraction of sp³-hybridized carbons (Fsp3) is 0.333.